The zero-order chi connectivity index (χ0) is 11.6. The Kier molecular flexibility index (Phi) is 3.10. The van der Waals surface area contributed by atoms with Crippen LogP contribution in [-0.4, -0.2) is 18.2 Å². The van der Waals surface area contributed by atoms with E-state index in [9.17, 15) is 13.9 Å². The zero-order valence-electron chi connectivity index (χ0n) is 8.92. The van der Waals surface area contributed by atoms with Crippen molar-refractivity contribution in [3.8, 4) is 5.75 Å². The predicted molar refractivity (Wildman–Crippen MR) is 57.6 cm³/mol. The van der Waals surface area contributed by atoms with Crippen LogP contribution in [0.4, 0.5) is 8.78 Å². The fraction of sp³-hybridized carbons (Fsp3) is 0.500. The molecule has 1 fully saturated rings. The Morgan fingerprint density at radius 3 is 2.56 bits per heavy atom. The number of alkyl halides is 2. The third-order valence-corrected chi connectivity index (χ3v) is 3.08. The topological polar surface area (TPSA) is 32.3 Å². The molecule has 0 saturated carbocycles. The molecule has 0 bridgehead atoms. The molecule has 1 heterocycles. The highest BCUT2D eigenvalue weighted by molar-refractivity contribution is 5.30. The van der Waals surface area contributed by atoms with Crippen LogP contribution < -0.4 is 5.32 Å². The van der Waals surface area contributed by atoms with Gasteiger partial charge in [0.1, 0.15) is 5.75 Å². The molecule has 0 amide bonds. The second-order valence-corrected chi connectivity index (χ2v) is 4.20. The van der Waals surface area contributed by atoms with Gasteiger partial charge in [0.05, 0.1) is 0 Å². The molecular formula is C12H15F2NO. The standard InChI is InChI=1S/C12H15F2NO/c13-12(14,9-4-6-15-7-5-9)10-2-1-3-11(16)8-10/h1-3,8-9,15-16H,4-7H2. The predicted octanol–water partition coefficient (Wildman–Crippen LogP) is 2.48. The molecule has 0 spiro atoms. The lowest BCUT2D eigenvalue weighted by molar-refractivity contribution is -0.0754. The molecule has 1 aromatic rings. The van der Waals surface area contributed by atoms with Crippen LogP contribution in [0.5, 0.6) is 5.75 Å². The van der Waals surface area contributed by atoms with Crippen LogP contribution in [0.2, 0.25) is 0 Å². The lowest BCUT2D eigenvalue weighted by Crippen LogP contribution is -2.36. The van der Waals surface area contributed by atoms with Gasteiger partial charge in [-0.15, -0.1) is 0 Å². The molecule has 88 valence electrons. The molecule has 1 saturated heterocycles. The number of piperidine rings is 1. The number of rotatable bonds is 2. The highest BCUT2D eigenvalue weighted by Crippen LogP contribution is 2.41. The molecule has 0 atom stereocenters. The Morgan fingerprint density at radius 2 is 1.94 bits per heavy atom. The van der Waals surface area contributed by atoms with Crippen LogP contribution in [0, 0.1) is 5.92 Å². The second kappa shape index (κ2) is 4.37. The number of hydrogen-bond acceptors (Lipinski definition) is 2. The normalized spacial score (nSPS) is 18.6. The highest BCUT2D eigenvalue weighted by atomic mass is 19.3. The average molecular weight is 227 g/mol. The van der Waals surface area contributed by atoms with Crippen molar-refractivity contribution in [1.29, 1.82) is 0 Å². The number of phenols is 1. The van der Waals surface area contributed by atoms with Crippen molar-refractivity contribution in [2.45, 2.75) is 18.8 Å². The first-order chi connectivity index (χ1) is 7.60. The van der Waals surface area contributed by atoms with Gasteiger partial charge in [0, 0.05) is 11.5 Å². The Bertz CT molecular complexity index is 362. The van der Waals surface area contributed by atoms with Crippen molar-refractivity contribution >= 4 is 0 Å². The fourth-order valence-electron chi connectivity index (χ4n) is 2.13. The van der Waals surface area contributed by atoms with Gasteiger partial charge in [-0.05, 0) is 38.1 Å². The summed E-state index contributed by atoms with van der Waals surface area (Å²) in [5.41, 5.74) is -0.0839. The number of phenolic OH excluding ortho intramolecular Hbond substituents is 1. The van der Waals surface area contributed by atoms with Crippen LogP contribution in [-0.2, 0) is 5.92 Å². The van der Waals surface area contributed by atoms with Crippen molar-refractivity contribution in [1.82, 2.24) is 5.32 Å². The molecule has 2 N–H and O–H groups in total. The molecule has 4 heteroatoms. The van der Waals surface area contributed by atoms with Crippen LogP contribution in [0.25, 0.3) is 0 Å². The zero-order valence-corrected chi connectivity index (χ0v) is 8.92. The summed E-state index contributed by atoms with van der Waals surface area (Å²) in [5.74, 6) is -3.58. The van der Waals surface area contributed by atoms with Crippen molar-refractivity contribution < 1.29 is 13.9 Å². The van der Waals surface area contributed by atoms with E-state index in [1.54, 1.807) is 0 Å². The SMILES string of the molecule is Oc1cccc(C(F)(F)C2CCNCC2)c1. The van der Waals surface area contributed by atoms with Crippen LogP contribution in [0.1, 0.15) is 18.4 Å². The van der Waals surface area contributed by atoms with Gasteiger partial charge in [0.25, 0.3) is 5.92 Å². The van der Waals surface area contributed by atoms with E-state index in [4.69, 9.17) is 0 Å². The molecular weight excluding hydrogens is 212 g/mol. The fourth-order valence-corrected chi connectivity index (χ4v) is 2.13. The Hall–Kier alpha value is -1.16. The Labute approximate surface area is 93.3 Å². The molecule has 1 aliphatic rings. The Balaban J connectivity index is 2.22. The minimum absolute atomic E-state index is 0.0839. The summed E-state index contributed by atoms with van der Waals surface area (Å²) in [6, 6.07) is 5.39. The first-order valence-electron chi connectivity index (χ1n) is 5.49. The maximum absolute atomic E-state index is 14.1. The van der Waals surface area contributed by atoms with Crippen LogP contribution in [0.15, 0.2) is 24.3 Å². The lowest BCUT2D eigenvalue weighted by atomic mass is 9.87. The van der Waals surface area contributed by atoms with E-state index in [2.05, 4.69) is 5.32 Å². The van der Waals surface area contributed by atoms with Crippen molar-refractivity contribution in [2.75, 3.05) is 13.1 Å². The molecule has 1 aliphatic heterocycles. The summed E-state index contributed by atoms with van der Waals surface area (Å²) in [4.78, 5) is 0. The maximum Gasteiger partial charge on any atom is 0.276 e. The molecule has 0 radical (unpaired) electrons. The van der Waals surface area contributed by atoms with E-state index in [1.165, 1.54) is 18.2 Å². The smallest absolute Gasteiger partial charge is 0.276 e. The van der Waals surface area contributed by atoms with Gasteiger partial charge in [-0.1, -0.05) is 12.1 Å². The monoisotopic (exact) mass is 227 g/mol. The van der Waals surface area contributed by atoms with Gasteiger partial charge in [-0.3, -0.25) is 0 Å². The minimum atomic E-state index is -2.85. The van der Waals surface area contributed by atoms with Crippen LogP contribution >= 0.6 is 0 Å². The molecule has 0 aliphatic carbocycles. The summed E-state index contributed by atoms with van der Waals surface area (Å²) in [7, 11) is 0. The van der Waals surface area contributed by atoms with Crippen molar-refractivity contribution in [2.24, 2.45) is 5.92 Å². The van der Waals surface area contributed by atoms with E-state index in [-0.39, 0.29) is 11.3 Å². The average Bonchev–Trinajstić information content (AvgIpc) is 2.30. The van der Waals surface area contributed by atoms with E-state index >= 15 is 0 Å². The first-order valence-corrected chi connectivity index (χ1v) is 5.49. The third-order valence-electron chi connectivity index (χ3n) is 3.08. The number of benzene rings is 1. The maximum atomic E-state index is 14.1. The number of halogens is 2. The van der Waals surface area contributed by atoms with E-state index in [0.717, 1.165) is 6.07 Å². The van der Waals surface area contributed by atoms with Gasteiger partial charge in [0.15, 0.2) is 0 Å². The van der Waals surface area contributed by atoms with Crippen molar-refractivity contribution in [3.05, 3.63) is 29.8 Å². The summed E-state index contributed by atoms with van der Waals surface area (Å²) in [6.45, 7) is 1.28. The summed E-state index contributed by atoms with van der Waals surface area (Å²) >= 11 is 0. The van der Waals surface area contributed by atoms with E-state index in [1.807, 2.05) is 0 Å². The number of nitrogens with one attached hydrogen (secondary N) is 1. The quantitative estimate of drug-likeness (QED) is 0.813. The van der Waals surface area contributed by atoms with Gasteiger partial charge in [0.2, 0.25) is 0 Å². The molecule has 0 unspecified atom stereocenters. The first kappa shape index (κ1) is 11.3. The molecule has 2 nitrogen and oxygen atoms in total. The highest BCUT2D eigenvalue weighted by Gasteiger charge is 2.41. The van der Waals surface area contributed by atoms with E-state index in [0.29, 0.717) is 25.9 Å². The summed E-state index contributed by atoms with van der Waals surface area (Å²) < 4.78 is 28.2. The second-order valence-electron chi connectivity index (χ2n) is 4.20. The van der Waals surface area contributed by atoms with Gasteiger partial charge in [-0.25, -0.2) is 8.78 Å². The van der Waals surface area contributed by atoms with E-state index < -0.39 is 11.8 Å². The largest absolute Gasteiger partial charge is 0.508 e. The minimum Gasteiger partial charge on any atom is -0.508 e. The third kappa shape index (κ3) is 2.16. The number of hydrogen-bond donors (Lipinski definition) is 2. The molecule has 16 heavy (non-hydrogen) atoms. The molecule has 2 rings (SSSR count). The Morgan fingerprint density at radius 1 is 1.25 bits per heavy atom. The van der Waals surface area contributed by atoms with Gasteiger partial charge < -0.3 is 10.4 Å². The van der Waals surface area contributed by atoms with Gasteiger partial charge in [-0.2, -0.15) is 0 Å². The van der Waals surface area contributed by atoms with Crippen LogP contribution in [0.3, 0.4) is 0 Å². The number of aromatic hydroxyl groups is 1. The molecule has 0 aromatic heterocycles. The summed E-state index contributed by atoms with van der Waals surface area (Å²) in [5, 5.41) is 12.3. The molecule has 1 aromatic carbocycles. The van der Waals surface area contributed by atoms with Gasteiger partial charge >= 0.3 is 0 Å². The van der Waals surface area contributed by atoms with Crippen molar-refractivity contribution in [3.63, 3.8) is 0 Å². The summed E-state index contributed by atoms with van der Waals surface area (Å²) in [6.07, 6.45) is 0.950. The lowest BCUT2D eigenvalue weighted by Gasteiger charge is -2.30.